The van der Waals surface area contributed by atoms with E-state index in [2.05, 4.69) is 29.8 Å². The number of hydrogen-bond acceptors (Lipinski definition) is 0. The molecule has 8 saturated carbocycles. The average Bonchev–Trinajstić information content (AvgIpc) is 2.62. The van der Waals surface area contributed by atoms with Gasteiger partial charge in [0, 0.05) is 4.32 Å². The summed E-state index contributed by atoms with van der Waals surface area (Å²) in [6.45, 7) is 4.83. The number of alkyl halides is 1. The summed E-state index contributed by atoms with van der Waals surface area (Å²) >= 11 is 4.45. The Labute approximate surface area is 188 Å². The lowest BCUT2D eigenvalue weighted by atomic mass is 9.31. The molecule has 0 N–H and O–H groups in total. The molecule has 0 aromatic rings. The molecule has 0 aromatic carbocycles. The van der Waals surface area contributed by atoms with Crippen molar-refractivity contribution in [2.24, 2.45) is 39.4 Å². The molecule has 1 heteroatoms. The fourth-order valence-corrected chi connectivity index (χ4v) is 13.4. The van der Waals surface area contributed by atoms with Gasteiger partial charge < -0.3 is 0 Å². The predicted octanol–water partition coefficient (Wildman–Crippen LogP) is 9.06. The third-order valence-corrected chi connectivity index (χ3v) is 12.4. The zero-order chi connectivity index (χ0) is 20.0. The molecular weight excluding hydrogens is 416 g/mol. The van der Waals surface area contributed by atoms with E-state index in [9.17, 15) is 0 Å². The van der Waals surface area contributed by atoms with Crippen molar-refractivity contribution in [1.29, 1.82) is 0 Å². The van der Waals surface area contributed by atoms with Gasteiger partial charge in [-0.15, -0.1) is 0 Å². The Morgan fingerprint density at radius 3 is 1.86 bits per heavy atom. The van der Waals surface area contributed by atoms with E-state index in [0.717, 1.165) is 28.6 Å². The molecule has 8 aliphatic rings. The highest BCUT2D eigenvalue weighted by atomic mass is 79.9. The Morgan fingerprint density at radius 1 is 0.621 bits per heavy atom. The van der Waals surface area contributed by atoms with Crippen LogP contribution in [0, 0.1) is 39.4 Å². The van der Waals surface area contributed by atoms with Crippen LogP contribution in [0.2, 0.25) is 0 Å². The van der Waals surface area contributed by atoms with Crippen molar-refractivity contribution in [2.75, 3.05) is 0 Å². The highest BCUT2D eigenvalue weighted by molar-refractivity contribution is 9.10. The molecule has 8 rings (SSSR count). The molecule has 0 amide bonds. The Morgan fingerprint density at radius 2 is 1.21 bits per heavy atom. The van der Waals surface area contributed by atoms with Crippen molar-refractivity contribution in [2.45, 2.75) is 134 Å². The second-order valence-corrected chi connectivity index (χ2v) is 15.6. The Bertz CT molecular complexity index is 653. The zero-order valence-corrected chi connectivity index (χ0v) is 20.9. The number of rotatable bonds is 7. The molecule has 164 valence electrons. The molecule has 29 heavy (non-hydrogen) atoms. The molecule has 0 heterocycles. The van der Waals surface area contributed by atoms with E-state index in [1.807, 2.05) is 0 Å². The van der Waals surface area contributed by atoms with Crippen LogP contribution in [0.1, 0.15) is 129 Å². The maximum absolute atomic E-state index is 4.45. The first-order chi connectivity index (χ1) is 13.8. The summed E-state index contributed by atoms with van der Waals surface area (Å²) in [5.74, 6) is 3.24. The molecule has 0 spiro atoms. The normalized spacial score (nSPS) is 57.0. The van der Waals surface area contributed by atoms with Gasteiger partial charge >= 0.3 is 0 Å². The number of halogens is 1. The van der Waals surface area contributed by atoms with Crippen molar-refractivity contribution in [3.8, 4) is 0 Å². The molecule has 8 fully saturated rings. The van der Waals surface area contributed by atoms with Gasteiger partial charge in [0.2, 0.25) is 0 Å². The minimum absolute atomic E-state index is 0.514. The van der Waals surface area contributed by atoms with Gasteiger partial charge in [0.25, 0.3) is 0 Å². The molecule has 0 radical (unpaired) electrons. The summed E-state index contributed by atoms with van der Waals surface area (Å²) in [4.78, 5) is 0. The van der Waals surface area contributed by atoms with E-state index in [1.165, 1.54) is 38.5 Å². The number of hydrogen-bond donors (Lipinski definition) is 0. The Balaban J connectivity index is 1.38. The molecule has 8 bridgehead atoms. The molecular formula is C28H45Br. The highest BCUT2D eigenvalue weighted by Gasteiger charge is 2.71. The van der Waals surface area contributed by atoms with Crippen LogP contribution in [-0.4, -0.2) is 4.32 Å². The van der Waals surface area contributed by atoms with E-state index >= 15 is 0 Å². The van der Waals surface area contributed by atoms with Gasteiger partial charge in [0.1, 0.15) is 0 Å². The summed E-state index contributed by atoms with van der Waals surface area (Å²) in [6.07, 6.45) is 28.0. The monoisotopic (exact) mass is 460 g/mol. The van der Waals surface area contributed by atoms with E-state index in [1.54, 1.807) is 77.0 Å². The van der Waals surface area contributed by atoms with E-state index < -0.39 is 0 Å². The summed E-state index contributed by atoms with van der Waals surface area (Å²) in [5.41, 5.74) is 2.91. The van der Waals surface area contributed by atoms with Crippen LogP contribution in [0.3, 0.4) is 0 Å². The van der Waals surface area contributed by atoms with Crippen LogP contribution in [0.5, 0.6) is 0 Å². The number of unbranched alkanes of at least 4 members (excludes halogenated alkanes) is 2. The molecule has 0 aliphatic heterocycles. The topological polar surface area (TPSA) is 0 Å². The van der Waals surface area contributed by atoms with Gasteiger partial charge in [-0.05, 0) is 129 Å². The SMILES string of the molecule is CCCCC12C[C@H]3C[C@@H](C1)CC([C@]14C[C@H]5C[C@](Br)(C[C@](CCCC)(C5)C1)C4)(C3)C2. The smallest absolute Gasteiger partial charge is 0.0271 e. The van der Waals surface area contributed by atoms with Crippen LogP contribution >= 0.6 is 15.9 Å². The lowest BCUT2D eigenvalue weighted by Crippen LogP contribution is -2.67. The third kappa shape index (κ3) is 2.94. The minimum atomic E-state index is 0.514. The second-order valence-electron chi connectivity index (χ2n) is 13.9. The Hall–Kier alpha value is 0.480. The zero-order valence-electron chi connectivity index (χ0n) is 19.3. The Kier molecular flexibility index (Phi) is 4.51. The summed E-state index contributed by atoms with van der Waals surface area (Å²) in [6, 6.07) is 0. The highest BCUT2D eigenvalue weighted by Crippen LogP contribution is 2.80. The summed E-state index contributed by atoms with van der Waals surface area (Å²) in [5, 5.41) is 0. The summed E-state index contributed by atoms with van der Waals surface area (Å²) < 4.78 is 0.514. The van der Waals surface area contributed by atoms with Crippen molar-refractivity contribution in [3.63, 3.8) is 0 Å². The molecule has 2 unspecified atom stereocenters. The molecule has 0 aromatic heterocycles. The van der Waals surface area contributed by atoms with Crippen LogP contribution in [-0.2, 0) is 0 Å². The maximum atomic E-state index is 4.45. The first-order valence-electron chi connectivity index (χ1n) is 13.5. The van der Waals surface area contributed by atoms with Crippen LogP contribution < -0.4 is 0 Å². The summed E-state index contributed by atoms with van der Waals surface area (Å²) in [7, 11) is 0. The quantitative estimate of drug-likeness (QED) is 0.332. The molecule has 0 nitrogen and oxygen atoms in total. The van der Waals surface area contributed by atoms with Crippen LogP contribution in [0.15, 0.2) is 0 Å². The molecule has 8 atom stereocenters. The van der Waals surface area contributed by atoms with Gasteiger partial charge in [-0.3, -0.25) is 0 Å². The van der Waals surface area contributed by atoms with Gasteiger partial charge in [-0.2, -0.15) is 0 Å². The van der Waals surface area contributed by atoms with Crippen LogP contribution in [0.4, 0.5) is 0 Å². The minimum Gasteiger partial charge on any atom is -0.0853 e. The predicted molar refractivity (Wildman–Crippen MR) is 126 cm³/mol. The van der Waals surface area contributed by atoms with Gasteiger partial charge in [-0.25, -0.2) is 0 Å². The third-order valence-electron chi connectivity index (χ3n) is 11.5. The molecule has 8 aliphatic carbocycles. The van der Waals surface area contributed by atoms with E-state index in [0.29, 0.717) is 15.2 Å². The average molecular weight is 462 g/mol. The first kappa shape index (κ1) is 20.1. The lowest BCUT2D eigenvalue weighted by molar-refractivity contribution is -0.234. The maximum Gasteiger partial charge on any atom is 0.0271 e. The standard InChI is InChI=1S/C28H45Br/c1-3-5-7-24-10-21-9-22(11-24)14-26(13-21,17-24)27-15-23-12-25(18-27,8-6-4-2)19-28(29,16-23)20-27/h21-23H,3-20H2,1-2H3/t21-,22+,23-,24?,25+,26?,27+,28-/m0/s1. The van der Waals surface area contributed by atoms with Gasteiger partial charge in [0.15, 0.2) is 0 Å². The molecule has 0 saturated heterocycles. The van der Waals surface area contributed by atoms with E-state index in [4.69, 9.17) is 0 Å². The first-order valence-corrected chi connectivity index (χ1v) is 14.3. The fraction of sp³-hybridized carbons (Fsp3) is 1.00. The van der Waals surface area contributed by atoms with Crippen molar-refractivity contribution >= 4 is 15.9 Å². The van der Waals surface area contributed by atoms with Gasteiger partial charge in [0.05, 0.1) is 0 Å². The lowest BCUT2D eigenvalue weighted by Gasteiger charge is -2.75. The van der Waals surface area contributed by atoms with Crippen molar-refractivity contribution < 1.29 is 0 Å². The van der Waals surface area contributed by atoms with Gasteiger partial charge in [-0.1, -0.05) is 55.5 Å². The second kappa shape index (κ2) is 6.51. The van der Waals surface area contributed by atoms with Crippen LogP contribution in [0.25, 0.3) is 0 Å². The van der Waals surface area contributed by atoms with Crippen molar-refractivity contribution in [3.05, 3.63) is 0 Å². The fourth-order valence-electron chi connectivity index (χ4n) is 11.9. The van der Waals surface area contributed by atoms with E-state index in [-0.39, 0.29) is 0 Å². The largest absolute Gasteiger partial charge is 0.0853 e. The van der Waals surface area contributed by atoms with Crippen molar-refractivity contribution in [1.82, 2.24) is 0 Å².